The van der Waals surface area contributed by atoms with Crippen molar-refractivity contribution in [3.8, 4) is 0 Å². The fourth-order valence-electron chi connectivity index (χ4n) is 4.91. The first-order valence-corrected chi connectivity index (χ1v) is 12.0. The Labute approximate surface area is 191 Å². The van der Waals surface area contributed by atoms with Gasteiger partial charge in [0.1, 0.15) is 6.04 Å². The molecule has 0 spiro atoms. The lowest BCUT2D eigenvalue weighted by atomic mass is 9.94. The molecule has 1 aromatic rings. The molecule has 32 heavy (non-hydrogen) atoms. The molecule has 1 saturated heterocycles. The lowest BCUT2D eigenvalue weighted by Gasteiger charge is -2.47. The van der Waals surface area contributed by atoms with Gasteiger partial charge in [-0.3, -0.25) is 9.59 Å². The normalized spacial score (nSPS) is 22.2. The summed E-state index contributed by atoms with van der Waals surface area (Å²) in [7, 11) is 1.61. The average molecular weight is 443 g/mol. The van der Waals surface area contributed by atoms with Crippen molar-refractivity contribution >= 4 is 17.8 Å². The number of benzene rings is 1. The Morgan fingerprint density at radius 2 is 1.78 bits per heavy atom. The monoisotopic (exact) mass is 442 g/mol. The molecule has 0 bridgehead atoms. The zero-order valence-corrected chi connectivity index (χ0v) is 19.7. The molecule has 7 nitrogen and oxygen atoms in total. The van der Waals surface area contributed by atoms with E-state index in [1.807, 2.05) is 35.2 Å². The summed E-state index contributed by atoms with van der Waals surface area (Å²) in [5.74, 6) is 0.0866. The summed E-state index contributed by atoms with van der Waals surface area (Å²) >= 11 is 0. The molecule has 0 unspecified atom stereocenters. The highest BCUT2D eigenvalue weighted by Gasteiger charge is 2.44. The van der Waals surface area contributed by atoms with E-state index in [0.717, 1.165) is 31.2 Å². The van der Waals surface area contributed by atoms with Crippen LogP contribution in [0.5, 0.6) is 0 Å². The minimum absolute atomic E-state index is 0.0329. The van der Waals surface area contributed by atoms with Gasteiger partial charge in [0.05, 0.1) is 6.04 Å². The molecule has 4 amide bonds. The van der Waals surface area contributed by atoms with Crippen molar-refractivity contribution in [3.63, 3.8) is 0 Å². The number of hydrogen-bond acceptors (Lipinski definition) is 3. The Balaban J connectivity index is 1.86. The van der Waals surface area contributed by atoms with Crippen LogP contribution in [0.3, 0.4) is 0 Å². The molecule has 1 aliphatic carbocycles. The number of nitrogens with one attached hydrogen (secondary N) is 2. The highest BCUT2D eigenvalue weighted by molar-refractivity contribution is 5.89. The van der Waals surface area contributed by atoms with Crippen molar-refractivity contribution in [1.29, 1.82) is 0 Å². The maximum absolute atomic E-state index is 13.6. The van der Waals surface area contributed by atoms with Crippen LogP contribution in [-0.4, -0.2) is 59.4 Å². The highest BCUT2D eigenvalue weighted by Crippen LogP contribution is 2.27. The van der Waals surface area contributed by atoms with E-state index in [-0.39, 0.29) is 42.3 Å². The van der Waals surface area contributed by atoms with E-state index in [1.165, 1.54) is 6.42 Å². The number of hydrogen-bond donors (Lipinski definition) is 2. The third kappa shape index (κ3) is 6.24. The van der Waals surface area contributed by atoms with Gasteiger partial charge in [0.2, 0.25) is 11.8 Å². The fourth-order valence-corrected chi connectivity index (χ4v) is 4.91. The molecule has 1 aliphatic heterocycles. The van der Waals surface area contributed by atoms with Gasteiger partial charge in [0.15, 0.2) is 0 Å². The summed E-state index contributed by atoms with van der Waals surface area (Å²) in [6, 6.07) is 8.89. The zero-order valence-electron chi connectivity index (χ0n) is 19.7. The first kappa shape index (κ1) is 24.1. The average Bonchev–Trinajstić information content (AvgIpc) is 2.78. The van der Waals surface area contributed by atoms with Crippen molar-refractivity contribution in [1.82, 2.24) is 20.4 Å². The van der Waals surface area contributed by atoms with Gasteiger partial charge in [-0.25, -0.2) is 4.79 Å². The van der Waals surface area contributed by atoms with E-state index >= 15 is 0 Å². The second-order valence-corrected chi connectivity index (χ2v) is 9.57. The number of piperazine rings is 1. The molecule has 1 aromatic carbocycles. The molecule has 1 saturated carbocycles. The summed E-state index contributed by atoms with van der Waals surface area (Å²) in [6.07, 6.45) is 6.15. The third-order valence-electron chi connectivity index (χ3n) is 6.54. The number of rotatable bonds is 7. The van der Waals surface area contributed by atoms with Gasteiger partial charge in [-0.1, -0.05) is 63.4 Å². The largest absolute Gasteiger partial charge is 0.359 e. The molecule has 0 radical (unpaired) electrons. The highest BCUT2D eigenvalue weighted by atomic mass is 16.2. The molecular formula is C25H38N4O3. The van der Waals surface area contributed by atoms with Gasteiger partial charge in [-0.2, -0.15) is 0 Å². The quantitative estimate of drug-likeness (QED) is 0.680. The topological polar surface area (TPSA) is 81.8 Å². The second kappa shape index (κ2) is 11.3. The Kier molecular flexibility index (Phi) is 8.53. The Morgan fingerprint density at radius 3 is 2.41 bits per heavy atom. The van der Waals surface area contributed by atoms with E-state index in [9.17, 15) is 14.4 Å². The predicted molar refractivity (Wildman–Crippen MR) is 125 cm³/mol. The molecule has 2 atom stereocenters. The van der Waals surface area contributed by atoms with Crippen LogP contribution in [-0.2, 0) is 16.1 Å². The molecule has 0 aromatic heterocycles. The third-order valence-corrected chi connectivity index (χ3v) is 6.54. The van der Waals surface area contributed by atoms with Gasteiger partial charge in [-0.15, -0.1) is 0 Å². The smallest absolute Gasteiger partial charge is 0.318 e. The minimum Gasteiger partial charge on any atom is -0.359 e. The first-order chi connectivity index (χ1) is 15.4. The molecule has 2 fully saturated rings. The zero-order chi connectivity index (χ0) is 23.1. The van der Waals surface area contributed by atoms with Crippen LogP contribution in [0.4, 0.5) is 4.79 Å². The summed E-state index contributed by atoms with van der Waals surface area (Å²) in [4.78, 5) is 42.9. The molecule has 7 heteroatoms. The van der Waals surface area contributed by atoms with Gasteiger partial charge < -0.3 is 20.4 Å². The number of nitrogens with zero attached hydrogens (tertiary/aromatic N) is 2. The van der Waals surface area contributed by atoms with E-state index in [0.29, 0.717) is 19.5 Å². The first-order valence-electron chi connectivity index (χ1n) is 12.0. The molecular weight excluding hydrogens is 404 g/mol. The van der Waals surface area contributed by atoms with E-state index in [4.69, 9.17) is 0 Å². The van der Waals surface area contributed by atoms with Crippen LogP contribution in [0, 0.1) is 5.92 Å². The van der Waals surface area contributed by atoms with Crippen molar-refractivity contribution in [2.75, 3.05) is 13.6 Å². The predicted octanol–water partition coefficient (Wildman–Crippen LogP) is 3.29. The van der Waals surface area contributed by atoms with Crippen LogP contribution < -0.4 is 10.6 Å². The van der Waals surface area contributed by atoms with Crippen LogP contribution in [0.2, 0.25) is 0 Å². The van der Waals surface area contributed by atoms with E-state index in [2.05, 4.69) is 24.5 Å². The number of urea groups is 1. The second-order valence-electron chi connectivity index (χ2n) is 9.57. The standard InChI is InChI=1S/C25H38N4O3/c1-18(2)14-22-24(31)28(16-19-10-6-4-7-11-19)17-21(15-23(30)26-3)29(22)25(32)27-20-12-8-5-9-13-20/h4,6-7,10-11,18,20-22H,5,8-9,12-17H2,1-3H3,(H,26,30)(H,27,32)/t21-,22-/m1/s1. The summed E-state index contributed by atoms with van der Waals surface area (Å²) in [5, 5.41) is 5.87. The van der Waals surface area contributed by atoms with Crippen molar-refractivity contribution in [3.05, 3.63) is 35.9 Å². The Hall–Kier alpha value is -2.57. The summed E-state index contributed by atoms with van der Waals surface area (Å²) in [5.41, 5.74) is 1.04. The van der Waals surface area contributed by atoms with Crippen LogP contribution in [0.25, 0.3) is 0 Å². The number of amides is 4. The van der Waals surface area contributed by atoms with E-state index < -0.39 is 6.04 Å². The van der Waals surface area contributed by atoms with E-state index in [1.54, 1.807) is 11.9 Å². The maximum atomic E-state index is 13.6. The van der Waals surface area contributed by atoms with Crippen molar-refractivity contribution in [2.24, 2.45) is 5.92 Å². The van der Waals surface area contributed by atoms with Gasteiger partial charge in [0.25, 0.3) is 0 Å². The number of carbonyl (C=O) groups excluding carboxylic acids is 3. The molecule has 176 valence electrons. The van der Waals surface area contributed by atoms with Gasteiger partial charge in [0, 0.05) is 32.6 Å². The molecule has 3 rings (SSSR count). The lowest BCUT2D eigenvalue weighted by molar-refractivity contribution is -0.145. The molecule has 2 aliphatic rings. The summed E-state index contributed by atoms with van der Waals surface area (Å²) < 4.78 is 0. The Bertz CT molecular complexity index is 777. The Morgan fingerprint density at radius 1 is 1.09 bits per heavy atom. The van der Waals surface area contributed by atoms with Crippen LogP contribution in [0.15, 0.2) is 30.3 Å². The molecule has 2 N–H and O–H groups in total. The minimum atomic E-state index is -0.564. The maximum Gasteiger partial charge on any atom is 0.318 e. The molecule has 1 heterocycles. The fraction of sp³-hybridized carbons (Fsp3) is 0.640. The summed E-state index contributed by atoms with van der Waals surface area (Å²) in [6.45, 7) is 4.97. The van der Waals surface area contributed by atoms with Crippen molar-refractivity contribution < 1.29 is 14.4 Å². The SMILES string of the molecule is CNC(=O)C[C@@H]1CN(Cc2ccccc2)C(=O)[C@@H](CC(C)C)N1C(=O)NC1CCCCC1. The van der Waals surface area contributed by atoms with Crippen molar-refractivity contribution in [2.45, 2.75) is 83.5 Å². The van der Waals surface area contributed by atoms with Crippen LogP contribution in [0.1, 0.15) is 64.4 Å². The number of carbonyl (C=O) groups is 3. The van der Waals surface area contributed by atoms with Crippen LogP contribution >= 0.6 is 0 Å². The van der Waals surface area contributed by atoms with Gasteiger partial charge >= 0.3 is 6.03 Å². The lowest BCUT2D eigenvalue weighted by Crippen LogP contribution is -2.66. The van der Waals surface area contributed by atoms with Gasteiger partial charge in [-0.05, 0) is 30.7 Å².